The zero-order valence-corrected chi connectivity index (χ0v) is 23.5. The fourth-order valence-corrected chi connectivity index (χ4v) is 6.53. The molecule has 2 saturated heterocycles. The summed E-state index contributed by atoms with van der Waals surface area (Å²) in [7, 11) is 1.91. The predicted octanol–water partition coefficient (Wildman–Crippen LogP) is 2.97. The smallest absolute Gasteiger partial charge is 0.328 e. The highest BCUT2D eigenvalue weighted by atomic mass is 32.2. The van der Waals surface area contributed by atoms with Gasteiger partial charge < -0.3 is 10.2 Å². The number of aromatic nitrogens is 2. The number of pyridine rings is 2. The minimum Gasteiger partial charge on any atom is -0.384 e. The van der Waals surface area contributed by atoms with Gasteiger partial charge in [-0.15, -0.1) is 0 Å². The topological polar surface area (TPSA) is 135 Å². The molecule has 0 radical (unpaired) electrons. The SMILES string of the molecule is CN1CCN(Cc2cc3c(nc2C=O)N(C(=O)Nc2cc(NCC4CCSCC4)c(C#N)cn2)CCC3)C(=O)C1. The number of amides is 3. The molecule has 0 atom stereocenters. The number of carbonyl (C=O) groups excluding carboxylic acids is 3. The number of urea groups is 1. The van der Waals surface area contributed by atoms with Crippen LogP contribution in [0.5, 0.6) is 0 Å². The average Bonchev–Trinajstić information content (AvgIpc) is 2.97. The number of nitrogens with one attached hydrogen (secondary N) is 2. The fourth-order valence-electron chi connectivity index (χ4n) is 5.32. The summed E-state index contributed by atoms with van der Waals surface area (Å²) in [4.78, 5) is 52.0. The van der Waals surface area contributed by atoms with E-state index in [4.69, 9.17) is 0 Å². The Morgan fingerprint density at radius 1 is 1.25 bits per heavy atom. The standard InChI is InChI=1S/C28H34N8O3S/c1-34-7-8-35(26(38)17-34)16-21-11-20-3-2-6-36(27(20)32-24(21)18-37)28(39)33-25-12-23(22(13-29)15-31-25)30-14-19-4-9-40-10-5-19/h11-12,15,18-19H,2-10,14,16-17H2,1H3,(H2,30,31,33,39). The normalized spacial score (nSPS) is 18.1. The van der Waals surface area contributed by atoms with Crippen LogP contribution >= 0.6 is 11.8 Å². The van der Waals surface area contributed by atoms with Crippen LogP contribution in [0, 0.1) is 17.2 Å². The molecule has 2 aromatic heterocycles. The van der Waals surface area contributed by atoms with E-state index in [2.05, 4.69) is 26.7 Å². The molecule has 0 aliphatic carbocycles. The molecule has 0 spiro atoms. The number of aldehydes is 1. The maximum atomic E-state index is 13.4. The molecule has 0 bridgehead atoms. The van der Waals surface area contributed by atoms with Crippen LogP contribution in [-0.2, 0) is 17.8 Å². The van der Waals surface area contributed by atoms with Crippen molar-refractivity contribution < 1.29 is 14.4 Å². The zero-order chi connectivity index (χ0) is 28.1. The van der Waals surface area contributed by atoms with E-state index in [9.17, 15) is 19.6 Å². The molecule has 0 saturated carbocycles. The molecular formula is C28H34N8O3S. The highest BCUT2D eigenvalue weighted by Gasteiger charge is 2.28. The quantitative estimate of drug-likeness (QED) is 0.488. The Bertz CT molecular complexity index is 1320. The minimum absolute atomic E-state index is 0.0193. The third-order valence-corrected chi connectivity index (χ3v) is 8.73. The molecule has 40 heavy (non-hydrogen) atoms. The van der Waals surface area contributed by atoms with Crippen LogP contribution in [0.1, 0.15) is 46.4 Å². The van der Waals surface area contributed by atoms with Crippen LogP contribution < -0.4 is 15.5 Å². The molecule has 210 valence electrons. The van der Waals surface area contributed by atoms with Crippen LogP contribution in [0.4, 0.5) is 22.1 Å². The van der Waals surface area contributed by atoms with Crippen molar-refractivity contribution >= 4 is 47.3 Å². The maximum absolute atomic E-state index is 13.4. The van der Waals surface area contributed by atoms with Gasteiger partial charge in [0.1, 0.15) is 23.4 Å². The van der Waals surface area contributed by atoms with Crippen molar-refractivity contribution in [2.75, 3.05) is 66.8 Å². The third-order valence-electron chi connectivity index (χ3n) is 7.68. The summed E-state index contributed by atoms with van der Waals surface area (Å²) in [6, 6.07) is 5.37. The Balaban J connectivity index is 1.31. The first kappa shape index (κ1) is 27.9. The molecule has 0 unspecified atom stereocenters. The first-order valence-electron chi connectivity index (χ1n) is 13.7. The zero-order valence-electron chi connectivity index (χ0n) is 22.7. The van der Waals surface area contributed by atoms with Crippen LogP contribution in [-0.4, -0.2) is 89.3 Å². The number of hydrogen-bond donors (Lipinski definition) is 2. The number of aryl methyl sites for hydroxylation is 1. The summed E-state index contributed by atoms with van der Waals surface area (Å²) in [6.45, 7) is 3.25. The lowest BCUT2D eigenvalue weighted by Crippen LogP contribution is -2.48. The first-order chi connectivity index (χ1) is 19.4. The third kappa shape index (κ3) is 6.37. The lowest BCUT2D eigenvalue weighted by atomic mass is 10.0. The van der Waals surface area contributed by atoms with Gasteiger partial charge in [-0.1, -0.05) is 0 Å². The lowest BCUT2D eigenvalue weighted by Gasteiger charge is -2.33. The summed E-state index contributed by atoms with van der Waals surface area (Å²) < 4.78 is 0. The van der Waals surface area contributed by atoms with Crippen LogP contribution in [0.15, 0.2) is 18.3 Å². The second-order valence-corrected chi connectivity index (χ2v) is 11.8. The van der Waals surface area contributed by atoms with Crippen LogP contribution in [0.25, 0.3) is 0 Å². The van der Waals surface area contributed by atoms with E-state index >= 15 is 0 Å². The van der Waals surface area contributed by atoms with Gasteiger partial charge in [0, 0.05) is 50.6 Å². The number of anilines is 3. The number of rotatable bonds is 7. The fraction of sp³-hybridized carbons (Fsp3) is 0.500. The second kappa shape index (κ2) is 12.7. The largest absolute Gasteiger partial charge is 0.384 e. The van der Waals surface area contributed by atoms with E-state index in [1.54, 1.807) is 11.0 Å². The summed E-state index contributed by atoms with van der Waals surface area (Å²) >= 11 is 1.97. The van der Waals surface area contributed by atoms with Gasteiger partial charge in [0.25, 0.3) is 0 Å². The number of nitrogens with zero attached hydrogens (tertiary/aromatic N) is 6. The maximum Gasteiger partial charge on any atom is 0.328 e. The van der Waals surface area contributed by atoms with Gasteiger partial charge >= 0.3 is 6.03 Å². The molecule has 2 aromatic rings. The minimum atomic E-state index is -0.403. The molecule has 3 aliphatic rings. The second-order valence-electron chi connectivity index (χ2n) is 10.5. The number of thioether (sulfide) groups is 1. The monoisotopic (exact) mass is 562 g/mol. The van der Waals surface area contributed by atoms with Gasteiger partial charge in [0.2, 0.25) is 5.91 Å². The molecule has 5 heterocycles. The van der Waals surface area contributed by atoms with Crippen molar-refractivity contribution in [2.45, 2.75) is 32.2 Å². The van der Waals surface area contributed by atoms with Crippen molar-refractivity contribution in [3.63, 3.8) is 0 Å². The van der Waals surface area contributed by atoms with Gasteiger partial charge in [0.05, 0.1) is 17.8 Å². The molecule has 11 nitrogen and oxygen atoms in total. The molecular weight excluding hydrogens is 528 g/mol. The first-order valence-corrected chi connectivity index (χ1v) is 14.8. The Morgan fingerprint density at radius 2 is 2.08 bits per heavy atom. The van der Waals surface area contributed by atoms with Crippen molar-refractivity contribution in [1.82, 2.24) is 19.8 Å². The molecule has 5 rings (SSSR count). The van der Waals surface area contributed by atoms with Gasteiger partial charge in [-0.3, -0.25) is 24.7 Å². The predicted molar refractivity (Wildman–Crippen MR) is 155 cm³/mol. The van der Waals surface area contributed by atoms with Gasteiger partial charge in [-0.25, -0.2) is 14.8 Å². The molecule has 3 aliphatic heterocycles. The molecule has 2 N–H and O–H groups in total. The highest BCUT2D eigenvalue weighted by Crippen LogP contribution is 2.29. The van der Waals surface area contributed by atoms with E-state index in [1.165, 1.54) is 11.1 Å². The number of nitriles is 1. The molecule has 3 amide bonds. The van der Waals surface area contributed by atoms with E-state index in [-0.39, 0.29) is 11.6 Å². The Hall–Kier alpha value is -3.69. The van der Waals surface area contributed by atoms with Gasteiger partial charge in [0.15, 0.2) is 6.29 Å². The Kier molecular flexibility index (Phi) is 8.81. The Labute approximate surface area is 238 Å². The lowest BCUT2D eigenvalue weighted by molar-refractivity contribution is -0.136. The summed E-state index contributed by atoms with van der Waals surface area (Å²) in [5, 5.41) is 15.8. The average molecular weight is 563 g/mol. The number of piperazine rings is 1. The van der Waals surface area contributed by atoms with Crippen molar-refractivity contribution in [3.8, 4) is 6.07 Å². The van der Waals surface area contributed by atoms with E-state index in [1.807, 2.05) is 29.8 Å². The number of carbonyl (C=O) groups is 3. The number of hydrogen-bond acceptors (Lipinski definition) is 9. The van der Waals surface area contributed by atoms with Crippen LogP contribution in [0.3, 0.4) is 0 Å². The van der Waals surface area contributed by atoms with Crippen molar-refractivity contribution in [1.29, 1.82) is 5.26 Å². The van der Waals surface area contributed by atoms with Crippen LogP contribution in [0.2, 0.25) is 0 Å². The van der Waals surface area contributed by atoms with Crippen molar-refractivity contribution in [3.05, 3.63) is 40.7 Å². The number of fused-ring (bicyclic) bond motifs is 1. The van der Waals surface area contributed by atoms with Gasteiger partial charge in [-0.2, -0.15) is 17.0 Å². The summed E-state index contributed by atoms with van der Waals surface area (Å²) in [6.07, 6.45) is 5.90. The van der Waals surface area contributed by atoms with Crippen molar-refractivity contribution in [2.24, 2.45) is 5.92 Å². The molecule has 0 aromatic carbocycles. The molecule has 2 fully saturated rings. The summed E-state index contributed by atoms with van der Waals surface area (Å²) in [5.41, 5.74) is 2.86. The van der Waals surface area contributed by atoms with Gasteiger partial charge in [-0.05, 0) is 61.8 Å². The highest BCUT2D eigenvalue weighted by molar-refractivity contribution is 7.99. The van der Waals surface area contributed by atoms with E-state index in [0.717, 1.165) is 55.8 Å². The Morgan fingerprint density at radius 3 is 2.83 bits per heavy atom. The van der Waals surface area contributed by atoms with E-state index < -0.39 is 6.03 Å². The number of likely N-dealkylation sites (N-methyl/N-ethyl adjacent to an activating group) is 1. The summed E-state index contributed by atoms with van der Waals surface area (Å²) in [5.74, 6) is 3.66. The molecule has 12 heteroatoms. The van der Waals surface area contributed by atoms with E-state index in [0.29, 0.717) is 66.8 Å².